The van der Waals surface area contributed by atoms with Gasteiger partial charge in [0.05, 0.1) is 0 Å². The molecule has 0 radical (unpaired) electrons. The maximum absolute atomic E-state index is 10.6. The second-order valence-corrected chi connectivity index (χ2v) is 2.16. The first kappa shape index (κ1) is 8.43. The zero-order chi connectivity index (χ0) is 5.82. The molecule has 0 aromatic rings. The topological polar surface area (TPSA) is 64.1 Å². The van der Waals surface area contributed by atoms with Crippen LogP contribution in [0.5, 0.6) is 0 Å². The van der Waals surface area contributed by atoms with Crippen LogP contribution >= 0.6 is 0 Å². The number of rotatable bonds is 0. The van der Waals surface area contributed by atoms with E-state index in [2.05, 4.69) is 5.32 Å². The van der Waals surface area contributed by atoms with Crippen LogP contribution in [0.1, 0.15) is 25.7 Å². The molecule has 4 N–H and O–H groups in total. The standard InChI is InChI=1S/C6H11NO.H3N/c8-6-4-2-1-3-5-7-6;/h1-5H2,(H,7,8);1H3. The predicted molar refractivity (Wildman–Crippen MR) is 36.5 cm³/mol. The normalized spacial score (nSPS) is 19.3. The van der Waals surface area contributed by atoms with Gasteiger partial charge < -0.3 is 11.5 Å². The smallest absolute Gasteiger partial charge is 0.219 e. The van der Waals surface area contributed by atoms with Crippen molar-refractivity contribution in [2.75, 3.05) is 6.54 Å². The van der Waals surface area contributed by atoms with Crippen molar-refractivity contribution in [1.29, 1.82) is 0 Å². The van der Waals surface area contributed by atoms with Crippen molar-refractivity contribution in [3.63, 3.8) is 0 Å². The van der Waals surface area contributed by atoms with Crippen molar-refractivity contribution in [1.82, 2.24) is 11.5 Å². The minimum absolute atomic E-state index is 0. The fourth-order valence-electron chi connectivity index (χ4n) is 0.904. The van der Waals surface area contributed by atoms with Gasteiger partial charge in [0, 0.05) is 13.0 Å². The Balaban J connectivity index is 0.000000640. The van der Waals surface area contributed by atoms with Gasteiger partial charge in [-0.05, 0) is 12.8 Å². The summed E-state index contributed by atoms with van der Waals surface area (Å²) in [5.74, 6) is 0.225. The highest BCUT2D eigenvalue weighted by molar-refractivity contribution is 5.75. The lowest BCUT2D eigenvalue weighted by molar-refractivity contribution is -0.120. The molecule has 1 fully saturated rings. The Hall–Kier alpha value is -0.570. The van der Waals surface area contributed by atoms with E-state index in [-0.39, 0.29) is 12.1 Å². The molecular weight excluding hydrogens is 116 g/mol. The quantitative estimate of drug-likeness (QED) is 0.510. The minimum atomic E-state index is 0. The molecule has 1 amide bonds. The molecule has 0 unspecified atom stereocenters. The first-order valence-corrected chi connectivity index (χ1v) is 3.16. The van der Waals surface area contributed by atoms with Gasteiger partial charge in [-0.15, -0.1) is 0 Å². The van der Waals surface area contributed by atoms with Gasteiger partial charge in [0.25, 0.3) is 0 Å². The van der Waals surface area contributed by atoms with E-state index in [0.717, 1.165) is 25.8 Å². The molecular formula is C6H14N2O. The van der Waals surface area contributed by atoms with E-state index >= 15 is 0 Å². The summed E-state index contributed by atoms with van der Waals surface area (Å²) >= 11 is 0. The molecule has 1 heterocycles. The monoisotopic (exact) mass is 130 g/mol. The van der Waals surface area contributed by atoms with Crippen LogP contribution in [0.15, 0.2) is 0 Å². The first-order chi connectivity index (χ1) is 3.89. The summed E-state index contributed by atoms with van der Waals surface area (Å²) in [4.78, 5) is 10.6. The Bertz CT molecular complexity index is 83.1. The van der Waals surface area contributed by atoms with E-state index in [9.17, 15) is 4.79 Å². The number of nitrogens with one attached hydrogen (secondary N) is 1. The highest BCUT2D eigenvalue weighted by Crippen LogP contribution is 2.02. The summed E-state index contributed by atoms with van der Waals surface area (Å²) < 4.78 is 0. The van der Waals surface area contributed by atoms with Gasteiger partial charge in [-0.3, -0.25) is 4.79 Å². The lowest BCUT2D eigenvalue weighted by Gasteiger charge is -1.93. The van der Waals surface area contributed by atoms with Gasteiger partial charge in [-0.25, -0.2) is 0 Å². The third-order valence-electron chi connectivity index (χ3n) is 1.40. The molecule has 3 heteroatoms. The Morgan fingerprint density at radius 1 is 1.22 bits per heavy atom. The van der Waals surface area contributed by atoms with Gasteiger partial charge in [-0.2, -0.15) is 0 Å². The zero-order valence-electron chi connectivity index (χ0n) is 5.65. The molecule has 54 valence electrons. The molecule has 1 aliphatic heterocycles. The molecule has 0 spiro atoms. The van der Waals surface area contributed by atoms with E-state index in [1.807, 2.05) is 0 Å². The van der Waals surface area contributed by atoms with E-state index < -0.39 is 0 Å². The fourth-order valence-corrected chi connectivity index (χ4v) is 0.904. The van der Waals surface area contributed by atoms with Gasteiger partial charge in [0.1, 0.15) is 0 Å². The van der Waals surface area contributed by atoms with E-state index in [1.54, 1.807) is 0 Å². The highest BCUT2D eigenvalue weighted by Gasteiger charge is 2.03. The van der Waals surface area contributed by atoms with Crippen molar-refractivity contribution in [3.8, 4) is 0 Å². The van der Waals surface area contributed by atoms with E-state index in [1.165, 1.54) is 6.42 Å². The molecule has 0 aliphatic carbocycles. The van der Waals surface area contributed by atoms with Crippen molar-refractivity contribution in [3.05, 3.63) is 0 Å². The number of hydrogen-bond donors (Lipinski definition) is 2. The van der Waals surface area contributed by atoms with E-state index in [0.29, 0.717) is 0 Å². The maximum atomic E-state index is 10.6. The second-order valence-electron chi connectivity index (χ2n) is 2.16. The summed E-state index contributed by atoms with van der Waals surface area (Å²) in [5, 5.41) is 2.81. The van der Waals surface area contributed by atoms with Crippen LogP contribution in [0.3, 0.4) is 0 Å². The van der Waals surface area contributed by atoms with Crippen LogP contribution in [0.2, 0.25) is 0 Å². The average molecular weight is 130 g/mol. The summed E-state index contributed by atoms with van der Waals surface area (Å²) in [7, 11) is 0. The molecule has 3 nitrogen and oxygen atoms in total. The number of amides is 1. The third kappa shape index (κ3) is 3.08. The van der Waals surface area contributed by atoms with Crippen molar-refractivity contribution >= 4 is 5.91 Å². The Morgan fingerprint density at radius 2 is 2.00 bits per heavy atom. The largest absolute Gasteiger partial charge is 0.356 e. The van der Waals surface area contributed by atoms with Gasteiger partial charge in [-0.1, -0.05) is 6.42 Å². The van der Waals surface area contributed by atoms with Crippen LogP contribution < -0.4 is 11.5 Å². The predicted octanol–water partition coefficient (Wildman–Crippen LogP) is 0.839. The molecule has 1 aliphatic rings. The Kier molecular flexibility index (Phi) is 4.05. The summed E-state index contributed by atoms with van der Waals surface area (Å²) in [6.07, 6.45) is 4.18. The average Bonchev–Trinajstić information content (AvgIpc) is 1.94. The molecule has 0 bridgehead atoms. The van der Waals surface area contributed by atoms with Crippen molar-refractivity contribution in [2.45, 2.75) is 25.7 Å². The Morgan fingerprint density at radius 3 is 2.78 bits per heavy atom. The second kappa shape index (κ2) is 4.32. The van der Waals surface area contributed by atoms with Crippen molar-refractivity contribution in [2.24, 2.45) is 0 Å². The zero-order valence-corrected chi connectivity index (χ0v) is 5.65. The molecule has 1 rings (SSSR count). The van der Waals surface area contributed by atoms with Crippen LogP contribution in [-0.4, -0.2) is 12.5 Å². The third-order valence-corrected chi connectivity index (χ3v) is 1.40. The number of hydrogen-bond acceptors (Lipinski definition) is 2. The molecule has 0 aromatic heterocycles. The minimum Gasteiger partial charge on any atom is -0.356 e. The maximum Gasteiger partial charge on any atom is 0.219 e. The van der Waals surface area contributed by atoms with Crippen LogP contribution in [0.4, 0.5) is 0 Å². The van der Waals surface area contributed by atoms with Gasteiger partial charge in [0.15, 0.2) is 0 Å². The molecule has 1 saturated heterocycles. The van der Waals surface area contributed by atoms with Gasteiger partial charge in [0.2, 0.25) is 5.91 Å². The Labute approximate surface area is 55.4 Å². The lowest BCUT2D eigenvalue weighted by Crippen LogP contribution is -2.21. The lowest BCUT2D eigenvalue weighted by atomic mass is 10.2. The summed E-state index contributed by atoms with van der Waals surface area (Å²) in [6.45, 7) is 0.888. The van der Waals surface area contributed by atoms with Crippen LogP contribution in [0, 0.1) is 0 Å². The summed E-state index contributed by atoms with van der Waals surface area (Å²) in [6, 6.07) is 0. The molecule has 0 saturated carbocycles. The summed E-state index contributed by atoms with van der Waals surface area (Å²) in [5.41, 5.74) is 0. The van der Waals surface area contributed by atoms with Crippen molar-refractivity contribution < 1.29 is 4.79 Å². The van der Waals surface area contributed by atoms with Crippen LogP contribution in [-0.2, 0) is 4.79 Å². The highest BCUT2D eigenvalue weighted by atomic mass is 16.1. The number of carbonyl (C=O) groups is 1. The molecule has 0 aromatic carbocycles. The number of carbonyl (C=O) groups excluding carboxylic acids is 1. The first-order valence-electron chi connectivity index (χ1n) is 3.16. The van der Waals surface area contributed by atoms with Gasteiger partial charge >= 0.3 is 0 Å². The van der Waals surface area contributed by atoms with Crippen LogP contribution in [0.25, 0.3) is 0 Å². The fraction of sp³-hybridized carbons (Fsp3) is 0.833. The molecule has 0 atom stereocenters. The van der Waals surface area contributed by atoms with E-state index in [4.69, 9.17) is 0 Å². The SMILES string of the molecule is N.O=C1CCCCCN1. The molecule has 9 heavy (non-hydrogen) atoms.